The van der Waals surface area contributed by atoms with E-state index in [1.54, 1.807) is 23.0 Å². The molecule has 2 aliphatic rings. The fraction of sp³-hybridized carbons (Fsp3) is 0.333. The third-order valence-corrected chi connectivity index (χ3v) is 5.34. The minimum atomic E-state index is -1.39. The van der Waals surface area contributed by atoms with Gasteiger partial charge in [0.1, 0.15) is 30.2 Å². The van der Waals surface area contributed by atoms with Crippen LogP contribution in [0.4, 0.5) is 4.39 Å². The highest BCUT2D eigenvalue weighted by Crippen LogP contribution is 2.38. The topological polar surface area (TPSA) is 126 Å². The number of halogens is 2. The highest BCUT2D eigenvalue weighted by atomic mass is 35.5. The molecule has 1 fully saturated rings. The number of aliphatic hydroxyl groups excluding tert-OH is 3. The summed E-state index contributed by atoms with van der Waals surface area (Å²) in [6, 6.07) is 5.54. The van der Waals surface area contributed by atoms with E-state index >= 15 is 0 Å². The van der Waals surface area contributed by atoms with E-state index in [1.165, 1.54) is 12.1 Å². The van der Waals surface area contributed by atoms with Crippen LogP contribution in [-0.2, 0) is 11.2 Å². The van der Waals surface area contributed by atoms with Gasteiger partial charge in [-0.05, 0) is 23.8 Å². The molecule has 10 heteroatoms. The van der Waals surface area contributed by atoms with Gasteiger partial charge in [0.2, 0.25) is 0 Å². The molecule has 2 aromatic rings. The molecule has 0 radical (unpaired) electrons. The number of rotatable bonds is 3. The van der Waals surface area contributed by atoms with E-state index in [9.17, 15) is 19.7 Å². The normalized spacial score (nSPS) is 29.2. The summed E-state index contributed by atoms with van der Waals surface area (Å²) in [5, 5.41) is 35.1. The van der Waals surface area contributed by atoms with Gasteiger partial charge in [0.15, 0.2) is 12.1 Å². The molecule has 0 spiro atoms. The largest absolute Gasteiger partial charge is 0.387 e. The molecule has 0 unspecified atom stereocenters. The number of amidine groups is 1. The van der Waals surface area contributed by atoms with Crippen LogP contribution in [-0.4, -0.2) is 50.2 Å². The molecule has 3 heterocycles. The molecular formula is C18H18ClFN4O4. The lowest BCUT2D eigenvalue weighted by Crippen LogP contribution is -2.35. The first-order valence-electron chi connectivity index (χ1n) is 8.57. The maximum absolute atomic E-state index is 13.7. The predicted octanol–water partition coefficient (Wildman–Crippen LogP) is 0.881. The molecule has 1 saturated heterocycles. The fourth-order valence-corrected chi connectivity index (χ4v) is 3.71. The van der Waals surface area contributed by atoms with E-state index in [2.05, 4.69) is 10.1 Å². The molecule has 5 atom stereocenters. The number of hydrogen-bond donors (Lipinski definition) is 4. The van der Waals surface area contributed by atoms with E-state index in [0.717, 1.165) is 11.8 Å². The highest BCUT2D eigenvalue weighted by Gasteiger charge is 2.47. The molecule has 0 bridgehead atoms. The molecule has 5 N–H and O–H groups in total. The SMILES string of the molecule is N/N=C1/N=CCc2c1ccn2[C@@H]1O[C@H]([C@H](O)c2ccc(Cl)c(F)c2)[C@@H](O)[C@H]1O. The number of hydrazone groups is 1. The standard InChI is InChI=1S/C18H18ClFN4O4/c19-10-2-1-8(7-11(10)20)13(25)16-14(26)15(27)18(28-16)24-6-4-9-12(24)3-5-22-17(9)23-21/h1-2,4-7,13-16,18,25-27H,3,21H2/b23-17+/t13-,14+,15-,16-,18-/m1/s1. The Morgan fingerprint density at radius 3 is 2.82 bits per heavy atom. The number of nitrogens with two attached hydrogens (primary N) is 1. The van der Waals surface area contributed by atoms with Crippen molar-refractivity contribution < 1.29 is 24.4 Å². The van der Waals surface area contributed by atoms with Gasteiger partial charge in [0.25, 0.3) is 0 Å². The first-order valence-corrected chi connectivity index (χ1v) is 8.95. The Morgan fingerprint density at radius 1 is 1.32 bits per heavy atom. The van der Waals surface area contributed by atoms with Gasteiger partial charge < -0.3 is 30.5 Å². The van der Waals surface area contributed by atoms with Gasteiger partial charge in [-0.25, -0.2) is 9.38 Å². The number of fused-ring (bicyclic) bond motifs is 1. The van der Waals surface area contributed by atoms with Crippen molar-refractivity contribution in [3.05, 3.63) is 58.1 Å². The summed E-state index contributed by atoms with van der Waals surface area (Å²) in [5.41, 5.74) is 1.63. The summed E-state index contributed by atoms with van der Waals surface area (Å²) >= 11 is 5.67. The maximum atomic E-state index is 13.7. The molecule has 1 aromatic carbocycles. The Hall–Kier alpha value is -2.30. The van der Waals surface area contributed by atoms with Crippen molar-refractivity contribution in [2.24, 2.45) is 15.9 Å². The molecule has 2 aliphatic heterocycles. The lowest BCUT2D eigenvalue weighted by Gasteiger charge is -2.22. The number of nitrogens with zero attached hydrogens (tertiary/aromatic N) is 3. The Bertz CT molecular complexity index is 963. The fourth-order valence-electron chi connectivity index (χ4n) is 3.59. The third-order valence-electron chi connectivity index (χ3n) is 5.03. The molecule has 0 aliphatic carbocycles. The van der Waals surface area contributed by atoms with Crippen LogP contribution in [0.5, 0.6) is 0 Å². The number of aliphatic hydroxyl groups is 3. The van der Waals surface area contributed by atoms with Gasteiger partial charge in [0, 0.05) is 30.1 Å². The predicted molar refractivity (Wildman–Crippen MR) is 99.6 cm³/mol. The van der Waals surface area contributed by atoms with Gasteiger partial charge in [-0.3, -0.25) is 0 Å². The molecular weight excluding hydrogens is 391 g/mol. The summed E-state index contributed by atoms with van der Waals surface area (Å²) < 4.78 is 21.2. The van der Waals surface area contributed by atoms with Gasteiger partial charge in [-0.1, -0.05) is 17.7 Å². The first-order chi connectivity index (χ1) is 13.4. The summed E-state index contributed by atoms with van der Waals surface area (Å²) in [6.45, 7) is 0. The summed E-state index contributed by atoms with van der Waals surface area (Å²) in [4.78, 5) is 4.11. The smallest absolute Gasteiger partial charge is 0.180 e. The van der Waals surface area contributed by atoms with Crippen molar-refractivity contribution in [3.8, 4) is 0 Å². The van der Waals surface area contributed by atoms with Crippen LogP contribution in [0.15, 0.2) is 40.6 Å². The second-order valence-electron chi connectivity index (χ2n) is 6.64. The number of hydrogen-bond acceptors (Lipinski definition) is 6. The van der Waals surface area contributed by atoms with Gasteiger partial charge in [0.05, 0.1) is 5.02 Å². The van der Waals surface area contributed by atoms with Crippen LogP contribution >= 0.6 is 11.6 Å². The highest BCUT2D eigenvalue weighted by molar-refractivity contribution is 6.30. The second-order valence-corrected chi connectivity index (χ2v) is 7.05. The van der Waals surface area contributed by atoms with Crippen LogP contribution in [0.2, 0.25) is 5.02 Å². The van der Waals surface area contributed by atoms with Crippen LogP contribution in [0.25, 0.3) is 0 Å². The zero-order valence-electron chi connectivity index (χ0n) is 14.5. The summed E-state index contributed by atoms with van der Waals surface area (Å²) in [5.74, 6) is 5.00. The minimum Gasteiger partial charge on any atom is -0.387 e. The monoisotopic (exact) mass is 408 g/mol. The van der Waals surface area contributed by atoms with E-state index in [0.29, 0.717) is 17.8 Å². The maximum Gasteiger partial charge on any atom is 0.180 e. The van der Waals surface area contributed by atoms with Crippen LogP contribution in [0.1, 0.15) is 29.2 Å². The molecule has 148 valence electrons. The van der Waals surface area contributed by atoms with Crippen LogP contribution in [0.3, 0.4) is 0 Å². The lowest BCUT2D eigenvalue weighted by molar-refractivity contribution is -0.0865. The molecule has 0 saturated carbocycles. The number of aliphatic imine (C=N–C) groups is 1. The molecule has 4 rings (SSSR count). The van der Waals surface area contributed by atoms with Crippen molar-refractivity contribution in [1.29, 1.82) is 0 Å². The zero-order chi connectivity index (χ0) is 20.0. The van der Waals surface area contributed by atoms with Crippen molar-refractivity contribution in [2.45, 2.75) is 37.1 Å². The Kier molecular flexibility index (Phi) is 4.94. The van der Waals surface area contributed by atoms with Gasteiger partial charge in [-0.2, -0.15) is 5.10 Å². The van der Waals surface area contributed by atoms with E-state index in [-0.39, 0.29) is 10.6 Å². The van der Waals surface area contributed by atoms with Crippen molar-refractivity contribution in [2.75, 3.05) is 0 Å². The number of aromatic nitrogens is 1. The average molecular weight is 409 g/mol. The Morgan fingerprint density at radius 2 is 2.11 bits per heavy atom. The molecule has 0 amide bonds. The minimum absolute atomic E-state index is 0.0836. The second kappa shape index (κ2) is 7.26. The Labute approximate surface area is 164 Å². The quantitative estimate of drug-likeness (QED) is 0.443. The number of benzene rings is 1. The summed E-state index contributed by atoms with van der Waals surface area (Å²) in [7, 11) is 0. The number of ether oxygens (including phenoxy) is 1. The van der Waals surface area contributed by atoms with Crippen LogP contribution in [0, 0.1) is 5.82 Å². The van der Waals surface area contributed by atoms with E-state index in [4.69, 9.17) is 22.2 Å². The van der Waals surface area contributed by atoms with Crippen molar-refractivity contribution in [1.82, 2.24) is 4.57 Å². The molecule has 1 aromatic heterocycles. The molecule has 28 heavy (non-hydrogen) atoms. The zero-order valence-corrected chi connectivity index (χ0v) is 15.2. The average Bonchev–Trinajstić information content (AvgIpc) is 3.25. The lowest BCUT2D eigenvalue weighted by atomic mass is 9.99. The molecule has 8 nitrogen and oxygen atoms in total. The first kappa shape index (κ1) is 19.0. The van der Waals surface area contributed by atoms with Crippen LogP contribution < -0.4 is 5.84 Å². The van der Waals surface area contributed by atoms with E-state index < -0.39 is 36.5 Å². The van der Waals surface area contributed by atoms with Gasteiger partial charge >= 0.3 is 0 Å². The van der Waals surface area contributed by atoms with Gasteiger partial charge in [-0.15, -0.1) is 0 Å². The van der Waals surface area contributed by atoms with Crippen molar-refractivity contribution >= 4 is 23.7 Å². The Balaban J connectivity index is 1.62. The van der Waals surface area contributed by atoms with E-state index in [1.807, 2.05) is 0 Å². The summed E-state index contributed by atoms with van der Waals surface area (Å²) in [6.07, 6.45) is -2.44. The van der Waals surface area contributed by atoms with Crippen molar-refractivity contribution in [3.63, 3.8) is 0 Å². The third kappa shape index (κ3) is 3.01.